The molecule has 20 heteroatoms. The Bertz CT molecular complexity index is 493. The summed E-state index contributed by atoms with van der Waals surface area (Å²) in [4.78, 5) is 35.3. The molecule has 1 aromatic rings. The van der Waals surface area contributed by atoms with Crippen LogP contribution in [-0.2, 0) is 11.1 Å². The molecule has 27 heavy (non-hydrogen) atoms. The van der Waals surface area contributed by atoms with E-state index in [2.05, 4.69) is 4.98 Å². The molecule has 1 unspecified atom stereocenters. The number of nitrogens with zero attached hydrogens (tertiary/aromatic N) is 3. The molecule has 0 aliphatic heterocycles. The molecule has 0 fully saturated rings. The van der Waals surface area contributed by atoms with E-state index in [1.165, 1.54) is 4.57 Å². The number of hydrogen-bond donors (Lipinski definition) is 4. The van der Waals surface area contributed by atoms with Crippen LogP contribution >= 0.6 is 19.4 Å². The fourth-order valence-corrected chi connectivity index (χ4v) is 1.18. The van der Waals surface area contributed by atoms with E-state index in [4.69, 9.17) is 30.8 Å². The predicted octanol–water partition coefficient (Wildman–Crippen LogP) is -10.9. The van der Waals surface area contributed by atoms with Crippen molar-refractivity contribution in [2.24, 2.45) is 0 Å². The van der Waals surface area contributed by atoms with Crippen molar-refractivity contribution in [3.63, 3.8) is 0 Å². The van der Waals surface area contributed by atoms with Crippen molar-refractivity contribution >= 4 is 25.2 Å². The Morgan fingerprint density at radius 2 is 1.56 bits per heavy atom. The van der Waals surface area contributed by atoms with Crippen molar-refractivity contribution in [3.8, 4) is 0 Å². The minimum absolute atomic E-state index is 0. The molecule has 162 valence electrons. The van der Waals surface area contributed by atoms with E-state index in [0.29, 0.717) is 5.82 Å². The zero-order valence-corrected chi connectivity index (χ0v) is 20.4. The zero-order valence-electron chi connectivity index (χ0n) is 16.7. The average molecular weight is 474 g/mol. The summed E-state index contributed by atoms with van der Waals surface area (Å²) in [5, 5.41) is 19.8. The molecule has 0 radical (unpaired) electrons. The van der Waals surface area contributed by atoms with Gasteiger partial charge in [-0.2, -0.15) is 0 Å². The Morgan fingerprint density at radius 1 is 1.22 bits per heavy atom. The van der Waals surface area contributed by atoms with Crippen molar-refractivity contribution in [2.45, 2.75) is 19.6 Å². The summed E-state index contributed by atoms with van der Waals surface area (Å²) in [5.74, 6) is 0.391. The van der Waals surface area contributed by atoms with E-state index in [1.807, 2.05) is 0 Å². The summed E-state index contributed by atoms with van der Waals surface area (Å²) in [6, 6.07) is 0. The third-order valence-corrected chi connectivity index (χ3v) is 2.15. The molecule has 0 saturated carbocycles. The largest absolute Gasteiger partial charge is 1.00 e. The predicted molar refractivity (Wildman–Crippen MR) is 88.5 cm³/mol. The summed E-state index contributed by atoms with van der Waals surface area (Å²) < 4.78 is 10.2. The van der Waals surface area contributed by atoms with Crippen LogP contribution in [0.3, 0.4) is 0 Å². The Labute approximate surface area is 205 Å². The van der Waals surface area contributed by atoms with Crippen molar-refractivity contribution in [2.75, 3.05) is 5.88 Å². The second-order valence-electron chi connectivity index (χ2n) is 3.35. The Hall–Kier alpha value is 0.730. The zero-order chi connectivity index (χ0) is 15.2. The van der Waals surface area contributed by atoms with E-state index in [9.17, 15) is 15.2 Å². The van der Waals surface area contributed by atoms with Crippen LogP contribution in [0.5, 0.6) is 0 Å². The van der Waals surface area contributed by atoms with Gasteiger partial charge >= 0.3 is 72.8 Å². The normalized spacial score (nSPS) is 8.81. The molecule has 0 spiro atoms. The number of aromatic nitrogens is 2. The molecule has 0 amide bonds. The van der Waals surface area contributed by atoms with Crippen LogP contribution in [-0.4, -0.2) is 79.1 Å². The molecule has 16 nitrogen and oxygen atoms in total. The standard InChI is InChI=1S/C7H10ClN3O3.2Na.H3O4P.6H2O.2H/c1-5-9-3-7(11(13)14)10(5)4-6(12)2-8;;;1-5(2,3)4;;;;;;;;/h3,6,12H,2,4H2,1H3;;;(H3,1,2,3,4);6*1H2;;/q;2*+1;;;;;;;;2*-1. The topological polar surface area (TPSA) is 348 Å². The molecule has 0 aliphatic carbocycles. The molecular weight excluding hydrogens is 446 g/mol. The Morgan fingerprint density at radius 3 is 1.81 bits per heavy atom. The third kappa shape index (κ3) is 29.0. The quantitative estimate of drug-likeness (QED) is 0.106. The van der Waals surface area contributed by atoms with Gasteiger partial charge in [-0.3, -0.25) is 0 Å². The van der Waals surface area contributed by atoms with Crippen LogP contribution < -0.4 is 59.1 Å². The molecule has 1 rings (SSSR count). The van der Waals surface area contributed by atoms with Gasteiger partial charge in [0.1, 0.15) is 18.8 Å². The van der Waals surface area contributed by atoms with Crippen LogP contribution in [0.2, 0.25) is 0 Å². The maximum absolute atomic E-state index is 10.5. The maximum atomic E-state index is 10.5. The van der Waals surface area contributed by atoms with E-state index < -0.39 is 18.8 Å². The molecule has 1 heterocycles. The van der Waals surface area contributed by atoms with E-state index >= 15 is 0 Å². The van der Waals surface area contributed by atoms with Gasteiger partial charge in [0, 0.05) is 6.92 Å². The molecule has 0 aromatic carbocycles. The van der Waals surface area contributed by atoms with Crippen molar-refractivity contribution < 1.29 is 124 Å². The van der Waals surface area contributed by atoms with Gasteiger partial charge in [0.2, 0.25) is 0 Å². The Kier molecular flexibility index (Phi) is 55.9. The minimum atomic E-state index is -4.64. The van der Waals surface area contributed by atoms with Gasteiger partial charge < -0.3 is 65.6 Å². The van der Waals surface area contributed by atoms with Crippen LogP contribution in [0.15, 0.2) is 6.20 Å². The van der Waals surface area contributed by atoms with Crippen molar-refractivity contribution in [1.82, 2.24) is 9.55 Å². The summed E-state index contributed by atoms with van der Waals surface area (Å²) in [6.45, 7) is 1.72. The molecule has 16 N–H and O–H groups in total. The first kappa shape index (κ1) is 56.5. The van der Waals surface area contributed by atoms with Gasteiger partial charge in [0.05, 0.1) is 5.88 Å². The molecule has 1 atom stereocenters. The Balaban J connectivity index is -0.0000000220. The first-order valence-electron chi connectivity index (χ1n) is 4.75. The van der Waals surface area contributed by atoms with Gasteiger partial charge in [0.15, 0.2) is 5.82 Å². The number of rotatable bonds is 4. The SMILES string of the molecule is Cc1ncc([N+](=O)[O-])n1CC(O)CCl.O.O.O.O.O.O.O=P(O)(O)O.[H-].[H-].[Na+].[Na+]. The number of aliphatic hydroxyl groups is 1. The molecule has 0 saturated heterocycles. The summed E-state index contributed by atoms with van der Waals surface area (Å²) in [5.41, 5.74) is 0. The average Bonchev–Trinajstić information content (AvgIpc) is 2.58. The summed E-state index contributed by atoms with van der Waals surface area (Å²) >= 11 is 5.40. The minimum Gasteiger partial charge on any atom is -1.00 e. The van der Waals surface area contributed by atoms with Crippen molar-refractivity contribution in [1.29, 1.82) is 0 Å². The third-order valence-electron chi connectivity index (χ3n) is 1.79. The second-order valence-corrected chi connectivity index (χ2v) is 4.69. The molecule has 0 aliphatic rings. The van der Waals surface area contributed by atoms with Crippen molar-refractivity contribution in [3.05, 3.63) is 22.1 Å². The summed E-state index contributed by atoms with van der Waals surface area (Å²) in [7, 11) is -4.64. The number of phosphoric acid groups is 1. The first-order valence-corrected chi connectivity index (χ1v) is 6.85. The van der Waals surface area contributed by atoms with Crippen LogP contribution in [0.25, 0.3) is 0 Å². The fourth-order valence-electron chi connectivity index (χ4n) is 1.09. The maximum Gasteiger partial charge on any atom is 1.00 e. The molecular formula is C7H27ClN3Na2O13P. The molecule has 1 aromatic heterocycles. The van der Waals surface area contributed by atoms with E-state index in [1.54, 1.807) is 6.92 Å². The van der Waals surface area contributed by atoms with Crippen LogP contribution in [0.4, 0.5) is 5.82 Å². The number of aliphatic hydroxyl groups excluding tert-OH is 1. The van der Waals surface area contributed by atoms with Gasteiger partial charge in [-0.25, -0.2) is 14.1 Å². The number of aryl methyl sites for hydroxylation is 1. The van der Waals surface area contributed by atoms with Crippen LogP contribution in [0, 0.1) is 17.0 Å². The number of alkyl halides is 1. The number of imidazole rings is 1. The fraction of sp³-hybridized carbons (Fsp3) is 0.571. The number of nitro groups is 1. The summed E-state index contributed by atoms with van der Waals surface area (Å²) in [6.07, 6.45) is 0.360. The van der Waals surface area contributed by atoms with Gasteiger partial charge in [-0.15, -0.1) is 11.6 Å². The van der Waals surface area contributed by atoms with Gasteiger partial charge in [-0.1, -0.05) is 0 Å². The van der Waals surface area contributed by atoms with E-state index in [-0.39, 0.29) is 113 Å². The van der Waals surface area contributed by atoms with E-state index in [0.717, 1.165) is 6.20 Å². The smallest absolute Gasteiger partial charge is 1.00 e. The second kappa shape index (κ2) is 26.7. The number of halogens is 1. The molecule has 0 bridgehead atoms. The van der Waals surface area contributed by atoms with Crippen LogP contribution in [0.1, 0.15) is 8.68 Å². The van der Waals surface area contributed by atoms with Gasteiger partial charge in [-0.05, 0) is 4.92 Å². The first-order chi connectivity index (χ1) is 8.56. The number of hydrogen-bond acceptors (Lipinski definition) is 5. The van der Waals surface area contributed by atoms with Gasteiger partial charge in [0.25, 0.3) is 0 Å². The monoisotopic (exact) mass is 473 g/mol.